The molecule has 0 unspecified atom stereocenters. The van der Waals surface area contributed by atoms with Gasteiger partial charge in [0.15, 0.2) is 5.75 Å². The number of pyridine rings is 1. The summed E-state index contributed by atoms with van der Waals surface area (Å²) < 4.78 is 30.0. The number of halogens is 4. The molecule has 0 aliphatic carbocycles. The zero-order valence-electron chi connectivity index (χ0n) is 7.23. The van der Waals surface area contributed by atoms with E-state index in [2.05, 4.69) is 20.9 Å². The van der Waals surface area contributed by atoms with E-state index >= 15 is 0 Å². The first kappa shape index (κ1) is 11.7. The molecule has 0 radical (unpaired) electrons. The maximum atomic E-state index is 12.6. The average Bonchev–Trinajstić information content (AvgIpc) is 2.16. The highest BCUT2D eigenvalue weighted by molar-refractivity contribution is 9.08. The second-order valence-corrected chi connectivity index (χ2v) is 3.37. The van der Waals surface area contributed by atoms with Crippen LogP contribution in [0, 0.1) is 0 Å². The Morgan fingerprint density at radius 2 is 2.29 bits per heavy atom. The number of aromatic nitrogens is 1. The summed E-state index contributed by atoms with van der Waals surface area (Å²) in [5.41, 5.74) is -0.0475. The van der Waals surface area contributed by atoms with Crippen molar-refractivity contribution in [3.8, 4) is 5.75 Å². The van der Waals surface area contributed by atoms with Crippen molar-refractivity contribution in [2.45, 2.75) is 11.8 Å². The van der Waals surface area contributed by atoms with Crippen molar-refractivity contribution in [2.24, 2.45) is 0 Å². The first-order valence-electron chi connectivity index (χ1n) is 3.67. The van der Waals surface area contributed by atoms with Gasteiger partial charge < -0.3 is 4.74 Å². The summed E-state index contributed by atoms with van der Waals surface area (Å²) in [5, 5.41) is 0.156. The van der Waals surface area contributed by atoms with Gasteiger partial charge in [-0.15, -0.1) is 0 Å². The molecule has 0 aromatic carbocycles. The summed E-state index contributed by atoms with van der Waals surface area (Å²) in [5.74, 6) is 0.159. The number of ether oxygens (including phenoxy) is 1. The molecule has 0 amide bonds. The third-order valence-corrected chi connectivity index (χ3v) is 2.59. The summed E-state index contributed by atoms with van der Waals surface area (Å²) in [6.07, 6.45) is -1.33. The Balaban J connectivity index is 3.31. The van der Waals surface area contributed by atoms with Crippen molar-refractivity contribution in [3.05, 3.63) is 22.5 Å². The van der Waals surface area contributed by atoms with Crippen molar-refractivity contribution in [1.82, 2.24) is 4.98 Å². The van der Waals surface area contributed by atoms with Crippen molar-refractivity contribution in [2.75, 3.05) is 7.11 Å². The Hall–Kier alpha value is -0.420. The van der Waals surface area contributed by atoms with E-state index in [0.717, 1.165) is 0 Å². The Labute approximate surface area is 93.4 Å². The second kappa shape index (κ2) is 4.89. The molecular formula is C8H7BrClF2NO. The molecule has 0 bridgehead atoms. The monoisotopic (exact) mass is 285 g/mol. The summed E-state index contributed by atoms with van der Waals surface area (Å²) in [6, 6.07) is 0. The Morgan fingerprint density at radius 1 is 1.64 bits per heavy atom. The molecule has 0 aliphatic heterocycles. The maximum absolute atomic E-state index is 12.6. The van der Waals surface area contributed by atoms with Gasteiger partial charge in [0, 0.05) is 5.33 Å². The standard InChI is InChI=1S/C8H7BrClF2NO/c1-14-5-3-13-4(2-9)6(7(5)10)8(11)12/h3,8H,2H2,1H3. The van der Waals surface area contributed by atoms with Crippen molar-refractivity contribution >= 4 is 27.5 Å². The van der Waals surface area contributed by atoms with Crippen LogP contribution in [0.3, 0.4) is 0 Å². The zero-order valence-corrected chi connectivity index (χ0v) is 9.57. The van der Waals surface area contributed by atoms with Gasteiger partial charge in [-0.2, -0.15) is 0 Å². The van der Waals surface area contributed by atoms with Gasteiger partial charge in [-0.25, -0.2) is 8.78 Å². The van der Waals surface area contributed by atoms with Crippen LogP contribution in [0.25, 0.3) is 0 Å². The minimum atomic E-state index is -2.65. The molecule has 0 saturated carbocycles. The van der Waals surface area contributed by atoms with E-state index in [1.165, 1.54) is 13.3 Å². The highest BCUT2D eigenvalue weighted by atomic mass is 79.9. The lowest BCUT2D eigenvalue weighted by atomic mass is 10.2. The molecule has 0 aliphatic rings. The highest BCUT2D eigenvalue weighted by Crippen LogP contribution is 2.36. The van der Waals surface area contributed by atoms with Crippen LogP contribution in [-0.4, -0.2) is 12.1 Å². The number of nitrogens with zero attached hydrogens (tertiary/aromatic N) is 1. The minimum Gasteiger partial charge on any atom is -0.494 e. The van der Waals surface area contributed by atoms with Crippen LogP contribution in [0.4, 0.5) is 8.78 Å². The number of rotatable bonds is 3. The number of alkyl halides is 3. The van der Waals surface area contributed by atoms with E-state index in [1.807, 2.05) is 0 Å². The Kier molecular flexibility index (Phi) is 4.07. The molecule has 0 fully saturated rings. The number of hydrogen-bond acceptors (Lipinski definition) is 2. The SMILES string of the molecule is COc1cnc(CBr)c(C(F)F)c1Cl. The second-order valence-electron chi connectivity index (χ2n) is 2.44. The van der Waals surface area contributed by atoms with Gasteiger partial charge in [0.05, 0.1) is 29.6 Å². The van der Waals surface area contributed by atoms with Crippen molar-refractivity contribution in [1.29, 1.82) is 0 Å². The van der Waals surface area contributed by atoms with E-state index in [0.29, 0.717) is 0 Å². The van der Waals surface area contributed by atoms with Crippen LogP contribution in [0.15, 0.2) is 6.20 Å². The van der Waals surface area contributed by atoms with Gasteiger partial charge >= 0.3 is 0 Å². The zero-order chi connectivity index (χ0) is 10.7. The van der Waals surface area contributed by atoms with Crippen LogP contribution >= 0.6 is 27.5 Å². The molecule has 1 heterocycles. The molecule has 78 valence electrons. The fourth-order valence-corrected chi connectivity index (χ4v) is 1.76. The summed E-state index contributed by atoms with van der Waals surface area (Å²) in [6.45, 7) is 0. The molecular weight excluding hydrogens is 279 g/mol. The summed E-state index contributed by atoms with van der Waals surface area (Å²) in [4.78, 5) is 3.81. The van der Waals surface area contributed by atoms with Gasteiger partial charge in [-0.05, 0) is 0 Å². The molecule has 0 spiro atoms. The Bertz CT molecular complexity index is 335. The molecule has 6 heteroatoms. The van der Waals surface area contributed by atoms with Gasteiger partial charge in [-0.3, -0.25) is 4.98 Å². The first-order chi connectivity index (χ1) is 6.61. The normalized spacial score (nSPS) is 10.7. The largest absolute Gasteiger partial charge is 0.494 e. The lowest BCUT2D eigenvalue weighted by Crippen LogP contribution is -1.99. The first-order valence-corrected chi connectivity index (χ1v) is 5.17. The van der Waals surface area contributed by atoms with Crippen molar-refractivity contribution in [3.63, 3.8) is 0 Å². The quantitative estimate of drug-likeness (QED) is 0.792. The van der Waals surface area contributed by atoms with Gasteiger partial charge in [0.2, 0.25) is 0 Å². The molecule has 2 nitrogen and oxygen atoms in total. The third-order valence-electron chi connectivity index (χ3n) is 1.67. The Morgan fingerprint density at radius 3 is 2.71 bits per heavy atom. The highest BCUT2D eigenvalue weighted by Gasteiger charge is 2.20. The van der Waals surface area contributed by atoms with E-state index in [4.69, 9.17) is 16.3 Å². The molecule has 0 atom stereocenters. The van der Waals surface area contributed by atoms with Crippen LogP contribution < -0.4 is 4.74 Å². The number of hydrogen-bond donors (Lipinski definition) is 0. The van der Waals surface area contributed by atoms with E-state index in [1.54, 1.807) is 0 Å². The van der Waals surface area contributed by atoms with Crippen LogP contribution in [-0.2, 0) is 5.33 Å². The topological polar surface area (TPSA) is 22.1 Å². The lowest BCUT2D eigenvalue weighted by molar-refractivity contribution is 0.149. The predicted octanol–water partition coefficient (Wildman–Crippen LogP) is 3.58. The van der Waals surface area contributed by atoms with Gasteiger partial charge in [-0.1, -0.05) is 27.5 Å². The maximum Gasteiger partial charge on any atom is 0.267 e. The molecule has 14 heavy (non-hydrogen) atoms. The van der Waals surface area contributed by atoms with E-state index in [-0.39, 0.29) is 27.4 Å². The molecule has 0 saturated heterocycles. The number of methoxy groups -OCH3 is 1. The fourth-order valence-electron chi connectivity index (χ4n) is 0.993. The smallest absolute Gasteiger partial charge is 0.267 e. The molecule has 1 aromatic heterocycles. The average molecular weight is 287 g/mol. The minimum absolute atomic E-state index is 0.0769. The van der Waals surface area contributed by atoms with E-state index in [9.17, 15) is 8.78 Å². The van der Waals surface area contributed by atoms with Crippen LogP contribution in [0.5, 0.6) is 5.75 Å². The lowest BCUT2D eigenvalue weighted by Gasteiger charge is -2.10. The molecule has 1 rings (SSSR count). The van der Waals surface area contributed by atoms with Crippen molar-refractivity contribution < 1.29 is 13.5 Å². The van der Waals surface area contributed by atoms with Gasteiger partial charge in [0.1, 0.15) is 0 Å². The van der Waals surface area contributed by atoms with Crippen LogP contribution in [0.1, 0.15) is 17.7 Å². The van der Waals surface area contributed by atoms with Gasteiger partial charge in [0.25, 0.3) is 6.43 Å². The third kappa shape index (κ3) is 2.15. The molecule has 1 aromatic rings. The predicted molar refractivity (Wildman–Crippen MR) is 53.4 cm³/mol. The fraction of sp³-hybridized carbons (Fsp3) is 0.375. The summed E-state index contributed by atoms with van der Waals surface area (Å²) in [7, 11) is 1.35. The van der Waals surface area contributed by atoms with E-state index < -0.39 is 6.43 Å². The van der Waals surface area contributed by atoms with Crippen LogP contribution in [0.2, 0.25) is 5.02 Å². The molecule has 0 N–H and O–H groups in total. The summed E-state index contributed by atoms with van der Waals surface area (Å²) >= 11 is 8.78.